The summed E-state index contributed by atoms with van der Waals surface area (Å²) < 4.78 is 13.8. The van der Waals surface area contributed by atoms with Crippen LogP contribution in [0.3, 0.4) is 0 Å². The highest BCUT2D eigenvalue weighted by Gasteiger charge is 2.28. The number of halogens is 1. The molecule has 0 radical (unpaired) electrons. The van der Waals surface area contributed by atoms with Crippen LogP contribution < -0.4 is 4.90 Å². The standard InChI is InChI=1S/C20H18FNO3/c1-12-7-8-14(9-17(12)21)11-22-18-6-4-3-5-15(18)13(2)16(20(24)25)10-19(22)23/h3-9H,10-11H2,1-2H3,(H,24,25). The minimum atomic E-state index is -1.09. The smallest absolute Gasteiger partial charge is 0.332 e. The quantitative estimate of drug-likeness (QED) is 0.922. The Bertz CT molecular complexity index is 902. The lowest BCUT2D eigenvalue weighted by Crippen LogP contribution is -2.30. The molecular weight excluding hydrogens is 321 g/mol. The second kappa shape index (κ2) is 6.51. The zero-order chi connectivity index (χ0) is 18.1. The average molecular weight is 339 g/mol. The Kier molecular flexibility index (Phi) is 4.40. The summed E-state index contributed by atoms with van der Waals surface area (Å²) in [5, 5.41) is 9.44. The third kappa shape index (κ3) is 3.18. The number of carbonyl (C=O) groups is 2. The number of para-hydroxylation sites is 1. The molecule has 0 spiro atoms. The zero-order valence-electron chi connectivity index (χ0n) is 14.0. The summed E-state index contributed by atoms with van der Waals surface area (Å²) in [6.45, 7) is 3.58. The number of carboxylic acid groups (broad SMARTS) is 1. The average Bonchev–Trinajstić information content (AvgIpc) is 2.69. The Morgan fingerprint density at radius 3 is 2.60 bits per heavy atom. The van der Waals surface area contributed by atoms with Crippen molar-refractivity contribution in [2.75, 3.05) is 4.90 Å². The summed E-state index contributed by atoms with van der Waals surface area (Å²) in [7, 11) is 0. The van der Waals surface area contributed by atoms with Crippen LogP contribution in [0.15, 0.2) is 48.0 Å². The molecule has 0 aliphatic carbocycles. The number of allylic oxidation sites excluding steroid dienone is 1. The first-order valence-corrected chi connectivity index (χ1v) is 7.96. The van der Waals surface area contributed by atoms with Gasteiger partial charge in [-0.25, -0.2) is 9.18 Å². The second-order valence-corrected chi connectivity index (χ2v) is 6.17. The Labute approximate surface area is 145 Å². The van der Waals surface area contributed by atoms with Crippen LogP contribution in [0.1, 0.15) is 30.0 Å². The van der Waals surface area contributed by atoms with Crippen molar-refractivity contribution in [3.8, 4) is 0 Å². The van der Waals surface area contributed by atoms with Crippen molar-refractivity contribution in [3.05, 3.63) is 70.5 Å². The number of carbonyl (C=O) groups excluding carboxylic acids is 1. The summed E-state index contributed by atoms with van der Waals surface area (Å²) in [5.74, 6) is -1.74. The topological polar surface area (TPSA) is 57.6 Å². The van der Waals surface area contributed by atoms with Crippen molar-refractivity contribution in [2.24, 2.45) is 0 Å². The number of aryl methyl sites for hydroxylation is 1. The molecule has 1 heterocycles. The molecular formula is C20H18FNO3. The van der Waals surface area contributed by atoms with E-state index in [0.29, 0.717) is 28.0 Å². The minimum absolute atomic E-state index is 0.0926. The van der Waals surface area contributed by atoms with Crippen LogP contribution in [-0.4, -0.2) is 17.0 Å². The van der Waals surface area contributed by atoms with Crippen LogP contribution in [0, 0.1) is 12.7 Å². The van der Waals surface area contributed by atoms with E-state index in [1.165, 1.54) is 11.0 Å². The minimum Gasteiger partial charge on any atom is -0.478 e. The van der Waals surface area contributed by atoms with Gasteiger partial charge in [0.15, 0.2) is 0 Å². The van der Waals surface area contributed by atoms with E-state index in [9.17, 15) is 19.1 Å². The van der Waals surface area contributed by atoms with Gasteiger partial charge in [-0.15, -0.1) is 0 Å². The monoisotopic (exact) mass is 339 g/mol. The number of hydrogen-bond donors (Lipinski definition) is 1. The molecule has 25 heavy (non-hydrogen) atoms. The van der Waals surface area contributed by atoms with Gasteiger partial charge in [-0.1, -0.05) is 30.3 Å². The number of nitrogens with zero attached hydrogens (tertiary/aromatic N) is 1. The number of carboxylic acids is 1. The fourth-order valence-corrected chi connectivity index (χ4v) is 3.03. The predicted molar refractivity (Wildman–Crippen MR) is 93.6 cm³/mol. The number of anilines is 1. The molecule has 2 aromatic carbocycles. The summed E-state index contributed by atoms with van der Waals surface area (Å²) in [5.41, 5.74) is 3.21. The molecule has 5 heteroatoms. The van der Waals surface area contributed by atoms with E-state index in [0.717, 1.165) is 0 Å². The Balaban J connectivity index is 2.07. The largest absolute Gasteiger partial charge is 0.478 e. The van der Waals surface area contributed by atoms with Gasteiger partial charge in [0.25, 0.3) is 0 Å². The number of rotatable bonds is 3. The third-order valence-electron chi connectivity index (χ3n) is 4.52. The number of amides is 1. The van der Waals surface area contributed by atoms with E-state index < -0.39 is 5.97 Å². The molecule has 3 rings (SSSR count). The van der Waals surface area contributed by atoms with Crippen molar-refractivity contribution in [2.45, 2.75) is 26.8 Å². The Hall–Kier alpha value is -2.95. The van der Waals surface area contributed by atoms with Crippen LogP contribution in [0.4, 0.5) is 10.1 Å². The normalized spacial score (nSPS) is 14.4. The van der Waals surface area contributed by atoms with Gasteiger partial charge in [0, 0.05) is 11.1 Å². The summed E-state index contributed by atoms with van der Waals surface area (Å²) in [6, 6.07) is 12.0. The van der Waals surface area contributed by atoms with Crippen molar-refractivity contribution < 1.29 is 19.1 Å². The van der Waals surface area contributed by atoms with Crippen molar-refractivity contribution in [3.63, 3.8) is 0 Å². The Morgan fingerprint density at radius 2 is 1.92 bits per heavy atom. The summed E-state index contributed by atoms with van der Waals surface area (Å²) >= 11 is 0. The van der Waals surface area contributed by atoms with Crippen LogP contribution in [0.5, 0.6) is 0 Å². The van der Waals surface area contributed by atoms with E-state index in [2.05, 4.69) is 0 Å². The number of fused-ring (bicyclic) bond motifs is 1. The van der Waals surface area contributed by atoms with Crippen molar-refractivity contribution in [1.82, 2.24) is 0 Å². The van der Waals surface area contributed by atoms with Crippen LogP contribution in [0.2, 0.25) is 0 Å². The second-order valence-electron chi connectivity index (χ2n) is 6.17. The lowest BCUT2D eigenvalue weighted by Gasteiger charge is -2.23. The zero-order valence-corrected chi connectivity index (χ0v) is 14.0. The number of benzene rings is 2. The maximum atomic E-state index is 13.8. The molecule has 1 aliphatic rings. The van der Waals surface area contributed by atoms with Crippen LogP contribution in [-0.2, 0) is 16.1 Å². The summed E-state index contributed by atoms with van der Waals surface area (Å²) in [4.78, 5) is 25.8. The van der Waals surface area contributed by atoms with Gasteiger partial charge in [-0.2, -0.15) is 0 Å². The molecule has 2 aromatic rings. The first kappa shape index (κ1) is 16.9. The molecule has 128 valence electrons. The molecule has 0 bridgehead atoms. The Morgan fingerprint density at radius 1 is 1.20 bits per heavy atom. The molecule has 1 aliphatic heterocycles. The lowest BCUT2D eigenvalue weighted by molar-refractivity contribution is -0.133. The van der Waals surface area contributed by atoms with E-state index >= 15 is 0 Å². The van der Waals surface area contributed by atoms with E-state index in [1.54, 1.807) is 50.2 Å². The molecule has 0 aromatic heterocycles. The van der Waals surface area contributed by atoms with E-state index in [-0.39, 0.29) is 30.3 Å². The predicted octanol–water partition coefficient (Wildman–Crippen LogP) is 3.93. The van der Waals surface area contributed by atoms with Gasteiger partial charge in [-0.3, -0.25) is 4.79 Å². The van der Waals surface area contributed by atoms with E-state index in [4.69, 9.17) is 0 Å². The molecule has 4 nitrogen and oxygen atoms in total. The van der Waals surface area contributed by atoms with Gasteiger partial charge in [0.2, 0.25) is 5.91 Å². The van der Waals surface area contributed by atoms with Crippen molar-refractivity contribution >= 4 is 23.1 Å². The van der Waals surface area contributed by atoms with Crippen molar-refractivity contribution in [1.29, 1.82) is 0 Å². The number of aliphatic carboxylic acids is 1. The molecule has 1 amide bonds. The van der Waals surface area contributed by atoms with Gasteiger partial charge < -0.3 is 10.0 Å². The molecule has 0 fully saturated rings. The highest BCUT2D eigenvalue weighted by atomic mass is 19.1. The SMILES string of the molecule is CC1=C(C(=O)O)CC(=O)N(Cc2ccc(C)c(F)c2)c2ccccc21. The first-order valence-electron chi connectivity index (χ1n) is 7.96. The maximum absolute atomic E-state index is 13.8. The molecule has 0 saturated carbocycles. The van der Waals surface area contributed by atoms with Gasteiger partial charge in [-0.05, 0) is 42.7 Å². The third-order valence-corrected chi connectivity index (χ3v) is 4.52. The fraction of sp³-hybridized carbons (Fsp3) is 0.200. The highest BCUT2D eigenvalue weighted by molar-refractivity contribution is 6.09. The van der Waals surface area contributed by atoms with Gasteiger partial charge >= 0.3 is 5.97 Å². The number of hydrogen-bond acceptors (Lipinski definition) is 2. The fourth-order valence-electron chi connectivity index (χ4n) is 3.03. The molecule has 1 N–H and O–H groups in total. The van der Waals surface area contributed by atoms with Crippen LogP contribution >= 0.6 is 0 Å². The molecule has 0 unspecified atom stereocenters. The molecule has 0 atom stereocenters. The summed E-state index contributed by atoms with van der Waals surface area (Å²) in [6.07, 6.45) is -0.190. The maximum Gasteiger partial charge on any atom is 0.332 e. The highest BCUT2D eigenvalue weighted by Crippen LogP contribution is 2.35. The molecule has 0 saturated heterocycles. The van der Waals surface area contributed by atoms with Crippen LogP contribution in [0.25, 0.3) is 5.57 Å². The lowest BCUT2D eigenvalue weighted by atomic mass is 9.99. The van der Waals surface area contributed by atoms with Gasteiger partial charge in [0.05, 0.1) is 18.7 Å². The first-order chi connectivity index (χ1) is 11.9. The van der Waals surface area contributed by atoms with Gasteiger partial charge in [0.1, 0.15) is 5.82 Å². The van der Waals surface area contributed by atoms with E-state index in [1.807, 2.05) is 0 Å².